The fourth-order valence-corrected chi connectivity index (χ4v) is 305. The molecule has 0 bridgehead atoms. The summed E-state index contributed by atoms with van der Waals surface area (Å²) in [6.07, 6.45) is 0. The van der Waals surface area contributed by atoms with Gasteiger partial charge in [0.2, 0.25) is 0 Å². The molecular formula is C46H118Si16. The summed E-state index contributed by atoms with van der Waals surface area (Å²) in [4.78, 5) is 4.45. The third kappa shape index (κ3) is 15.5. The minimum atomic E-state index is -1.90. The Bertz CT molecular complexity index is 1200. The Kier molecular flexibility index (Phi) is 23.7. The predicted octanol–water partition coefficient (Wildman–Crippen LogP) is 17.5. The zero-order valence-electron chi connectivity index (χ0n) is 49.8. The molecule has 0 aliphatic rings. The Hall–Kier alpha value is 3.47. The Morgan fingerprint density at radius 3 is 0.403 bits per heavy atom. The molecule has 0 heterocycles. The van der Waals surface area contributed by atoms with Gasteiger partial charge in [-0.05, 0) is 11.1 Å². The maximum Gasteiger partial charge on any atom is 0.0834 e. The maximum absolute atomic E-state index is 2.96. The van der Waals surface area contributed by atoms with Gasteiger partial charge in [0.1, 0.15) is 0 Å². The van der Waals surface area contributed by atoms with E-state index in [1.807, 2.05) is 0 Å². The molecule has 16 heteroatoms. The van der Waals surface area contributed by atoms with E-state index < -0.39 is 111 Å². The van der Waals surface area contributed by atoms with Crippen LogP contribution in [0.15, 0.2) is 0 Å². The summed E-state index contributed by atoms with van der Waals surface area (Å²) in [6.45, 7) is 101. The Labute approximate surface area is 415 Å². The highest BCUT2D eigenvalue weighted by molar-refractivity contribution is 7.86. The molecule has 0 aliphatic carbocycles. The van der Waals surface area contributed by atoms with Crippen molar-refractivity contribution in [3.05, 3.63) is 0 Å². The fourth-order valence-electron chi connectivity index (χ4n) is 15.4. The van der Waals surface area contributed by atoms with Crippen molar-refractivity contribution in [2.75, 3.05) is 0 Å². The van der Waals surface area contributed by atoms with Gasteiger partial charge in [-0.1, -0.05) is 297 Å². The van der Waals surface area contributed by atoms with Crippen molar-refractivity contribution < 1.29 is 0 Å². The summed E-state index contributed by atoms with van der Waals surface area (Å²) in [7, 11) is -11.8. The van der Waals surface area contributed by atoms with Crippen LogP contribution >= 0.6 is 0 Å². The summed E-state index contributed by atoms with van der Waals surface area (Å²) in [5.41, 5.74) is 5.50. The predicted molar refractivity (Wildman–Crippen MR) is 338 cm³/mol. The molecule has 0 aliphatic heterocycles. The largest absolute Gasteiger partial charge is 0.0855 e. The van der Waals surface area contributed by atoms with Crippen molar-refractivity contribution in [3.8, 4) is 0 Å². The molecule has 0 N–H and O–H groups in total. The van der Waals surface area contributed by atoms with E-state index >= 15 is 0 Å². The van der Waals surface area contributed by atoms with Crippen LogP contribution in [0, 0.1) is 0 Å². The summed E-state index contributed by atoms with van der Waals surface area (Å²) in [5, 5.41) is 0. The molecule has 0 unspecified atom stereocenters. The minimum absolute atomic E-state index is 0.658. The smallest absolute Gasteiger partial charge is 0.0834 e. The monoisotopic (exact) mass is 1120 g/mol. The van der Waals surface area contributed by atoms with Crippen LogP contribution in [0.25, 0.3) is 0 Å². The fraction of sp³-hybridized carbons (Fsp3) is 1.00. The number of hydrogen-bond acceptors (Lipinski definition) is 0. The van der Waals surface area contributed by atoms with Crippen LogP contribution in [0.3, 0.4) is 0 Å². The van der Waals surface area contributed by atoms with E-state index in [-0.39, 0.29) is 0 Å². The van der Waals surface area contributed by atoms with Crippen molar-refractivity contribution >= 4 is 127 Å². The molecule has 0 saturated heterocycles. The van der Waals surface area contributed by atoms with E-state index in [1.54, 1.807) is 0 Å². The lowest BCUT2D eigenvalue weighted by atomic mass is 10.6. The second-order valence-corrected chi connectivity index (χ2v) is 133. The van der Waals surface area contributed by atoms with E-state index in [9.17, 15) is 0 Å². The van der Waals surface area contributed by atoms with E-state index in [0.29, 0.717) is 0 Å². The first-order chi connectivity index (χ1) is 26.8. The zero-order chi connectivity index (χ0) is 50.5. The van der Waals surface area contributed by atoms with Gasteiger partial charge in [0.25, 0.3) is 0 Å². The number of rotatable bonds is 22. The summed E-state index contributed by atoms with van der Waals surface area (Å²) >= 11 is 0. The van der Waals surface area contributed by atoms with Crippen LogP contribution in [0.5, 0.6) is 0 Å². The highest BCUT2D eigenvalue weighted by Crippen LogP contribution is 2.53. The first kappa shape index (κ1) is 65.5. The molecule has 0 amide bonds. The van der Waals surface area contributed by atoms with Crippen LogP contribution in [0.2, 0.25) is 210 Å². The molecule has 0 nitrogen and oxygen atoms in total. The normalized spacial score (nSPS) is 15.7. The lowest BCUT2D eigenvalue weighted by Crippen LogP contribution is -2.80. The lowest BCUT2D eigenvalue weighted by molar-refractivity contribution is 0.996. The number of hydrogen-bond donors (Lipinski definition) is 0. The van der Waals surface area contributed by atoms with Gasteiger partial charge in [-0.25, -0.2) is 0 Å². The molecule has 0 saturated carbocycles. The van der Waals surface area contributed by atoms with Gasteiger partial charge in [0.15, 0.2) is 0 Å². The molecule has 0 aromatic heterocycles. The van der Waals surface area contributed by atoms with Crippen LogP contribution in [0.4, 0.5) is 0 Å². The van der Waals surface area contributed by atoms with Crippen molar-refractivity contribution in [1.29, 1.82) is 0 Å². The van der Waals surface area contributed by atoms with Crippen molar-refractivity contribution in [2.24, 2.45) is 0 Å². The molecule has 0 rings (SSSR count). The second-order valence-electron chi connectivity index (χ2n) is 31.3. The van der Waals surface area contributed by atoms with E-state index in [4.69, 9.17) is 0 Å². The molecule has 0 spiro atoms. The highest BCUT2D eigenvalue weighted by atomic mass is 30.0. The zero-order valence-corrected chi connectivity index (χ0v) is 65.8. The Morgan fingerprint density at radius 2 is 0.339 bits per heavy atom. The van der Waals surface area contributed by atoms with Crippen molar-refractivity contribution in [2.45, 2.75) is 293 Å². The Morgan fingerprint density at radius 1 is 0.226 bits per heavy atom. The van der Waals surface area contributed by atoms with Gasteiger partial charge < -0.3 is 0 Å². The third-order valence-electron chi connectivity index (χ3n) is 14.7. The van der Waals surface area contributed by atoms with E-state index in [1.165, 1.54) is 15.9 Å². The highest BCUT2D eigenvalue weighted by Gasteiger charge is 2.66. The van der Waals surface area contributed by atoms with Gasteiger partial charge in [-0.15, -0.1) is 0 Å². The lowest BCUT2D eigenvalue weighted by Gasteiger charge is -2.60. The third-order valence-corrected chi connectivity index (χ3v) is 180. The molecule has 4 radical (unpaired) electrons. The maximum atomic E-state index is 2.96. The van der Waals surface area contributed by atoms with Gasteiger partial charge in [0, 0.05) is 97.8 Å². The van der Waals surface area contributed by atoms with Crippen LogP contribution in [0.1, 0.15) is 83.1 Å². The van der Waals surface area contributed by atoms with E-state index in [2.05, 4.69) is 240 Å². The van der Waals surface area contributed by atoms with Crippen LogP contribution < -0.4 is 0 Å². The molecule has 0 fully saturated rings. The van der Waals surface area contributed by atoms with Gasteiger partial charge in [-0.3, -0.25) is 0 Å². The molecule has 62 heavy (non-hydrogen) atoms. The van der Waals surface area contributed by atoms with Gasteiger partial charge in [-0.2, -0.15) is 0 Å². The van der Waals surface area contributed by atoms with Crippen molar-refractivity contribution in [3.63, 3.8) is 0 Å². The summed E-state index contributed by atoms with van der Waals surface area (Å²) in [5.74, 6) is 0. The molecule has 366 valence electrons. The quantitative estimate of drug-likeness (QED) is 0.0948. The van der Waals surface area contributed by atoms with Crippen LogP contribution in [-0.4, -0.2) is 127 Å². The van der Waals surface area contributed by atoms with Gasteiger partial charge >= 0.3 is 0 Å². The summed E-state index contributed by atoms with van der Waals surface area (Å²) < 4.78 is 0. The van der Waals surface area contributed by atoms with Crippen LogP contribution in [-0.2, 0) is 0 Å². The molecular weight excluding hydrogens is 1000 g/mol. The van der Waals surface area contributed by atoms with Crippen molar-refractivity contribution in [1.82, 2.24) is 0 Å². The SMILES string of the molecule is CC(C)[Si](C([Si](C)(C)C)[Si](C)(C)C)[Si]([Si]#[Si][Si](C(C)C)([Si](C(C)C)C([Si](C)(C)C)[Si](C)(C)C)[Si](C(C)C)C([Si](C)(C)C)[Si](C)(C)C)(C(C)C)[Si](C(C)C)C([Si](C)(C)C)[Si](C)(C)C. The second kappa shape index (κ2) is 22.5. The first-order valence-electron chi connectivity index (χ1n) is 25.9. The first-order valence-corrected chi connectivity index (χ1v) is 74.3. The Balaban J connectivity index is 10.7. The van der Waals surface area contributed by atoms with Gasteiger partial charge in [0.05, 0.1) is 13.3 Å². The molecule has 0 aromatic rings. The average molecular weight is 1120 g/mol. The molecule has 0 atom stereocenters. The topological polar surface area (TPSA) is 0 Å². The standard InChI is InChI=1S/C46H118Si16/c1-37(2)49(43(53(13,14)15)54(16,17)18)61(41(9)10,50(38(3)4)44(55(19,20)21)56(22,23)24)47-48-62(42(11)12,51(39(5)6)45(57(25,26)27)58(28,29)30)52(40(7)8)46(59(31,32)33)60(34,35)36/h37-46H,1-36H3. The minimum Gasteiger partial charge on any atom is -0.0855 e. The summed E-state index contributed by atoms with van der Waals surface area (Å²) in [6, 6.07) is 0. The average Bonchev–Trinajstić information content (AvgIpc) is 2.93. The molecule has 0 aromatic carbocycles. The van der Waals surface area contributed by atoms with E-state index in [0.717, 1.165) is 52.4 Å².